The molecule has 0 radical (unpaired) electrons. The number of benzene rings is 1. The Bertz CT molecular complexity index is 918. The molecular weight excluding hydrogens is 412 g/mol. The second-order valence-electron chi connectivity index (χ2n) is 4.55. The first-order chi connectivity index (χ1) is 12.7. The minimum absolute atomic E-state index is 0.0462. The number of amides is 1. The molecule has 1 amide bonds. The second-order valence-corrected chi connectivity index (χ2v) is 5.81. The zero-order valence-corrected chi connectivity index (χ0v) is 15.0. The Morgan fingerprint density at radius 2 is 2.07 bits per heavy atom. The van der Waals surface area contributed by atoms with Gasteiger partial charge in [-0.15, -0.1) is 0 Å². The summed E-state index contributed by atoms with van der Waals surface area (Å²) < 4.78 is 57.5. The predicted octanol–water partition coefficient (Wildman–Crippen LogP) is 3.71. The van der Waals surface area contributed by atoms with Gasteiger partial charge in [0.1, 0.15) is 12.9 Å². The predicted molar refractivity (Wildman–Crippen MR) is 91.2 cm³/mol. The number of hydrogen-bond acceptors (Lipinski definition) is 7. The maximum Gasteiger partial charge on any atom is 0.461 e. The van der Waals surface area contributed by atoms with E-state index in [4.69, 9.17) is 17.0 Å². The fraction of sp³-hybridized carbons (Fsp3) is 0.143. The minimum atomic E-state index is -4.70. The summed E-state index contributed by atoms with van der Waals surface area (Å²) >= 11 is 3.93. The highest BCUT2D eigenvalue weighted by molar-refractivity contribution is 7.98. The van der Waals surface area contributed by atoms with Crippen LogP contribution >= 0.6 is 24.2 Å². The average molecular weight is 422 g/mol. The van der Waals surface area contributed by atoms with Crippen molar-refractivity contribution >= 4 is 35.8 Å². The maximum absolute atomic E-state index is 14.0. The van der Waals surface area contributed by atoms with Crippen molar-refractivity contribution in [1.29, 1.82) is 0 Å². The Balaban J connectivity index is 2.38. The molecule has 0 saturated carbocycles. The number of oxime groups is 1. The van der Waals surface area contributed by atoms with Crippen LogP contribution in [0.3, 0.4) is 0 Å². The third-order valence-corrected chi connectivity index (χ3v) is 3.58. The quantitative estimate of drug-likeness (QED) is 0.243. The van der Waals surface area contributed by atoms with Gasteiger partial charge in [0, 0.05) is 0 Å². The molecule has 0 fully saturated rings. The number of carbonyl (C=O) groups excluding carboxylic acids is 1. The van der Waals surface area contributed by atoms with E-state index in [1.54, 1.807) is 4.72 Å². The molecule has 27 heavy (non-hydrogen) atoms. The SMILES string of the molecule is CO/N=C(/C(=O)NSC(F)(F)F)c1ccccc1Oc1[nH]cnc(=S)c1F. The summed E-state index contributed by atoms with van der Waals surface area (Å²) in [6, 6.07) is 5.65. The molecule has 2 aromatic rings. The van der Waals surface area contributed by atoms with Crippen LogP contribution in [-0.4, -0.2) is 34.2 Å². The van der Waals surface area contributed by atoms with Crippen molar-refractivity contribution in [3.05, 3.63) is 46.6 Å². The van der Waals surface area contributed by atoms with Gasteiger partial charge < -0.3 is 14.6 Å². The number of halogens is 4. The maximum atomic E-state index is 14.0. The molecule has 0 saturated heterocycles. The number of nitrogens with one attached hydrogen (secondary N) is 2. The molecular formula is C14H10F4N4O3S2. The molecule has 7 nitrogen and oxygen atoms in total. The van der Waals surface area contributed by atoms with Crippen LogP contribution in [0.2, 0.25) is 0 Å². The topological polar surface area (TPSA) is 88.6 Å². The van der Waals surface area contributed by atoms with E-state index in [1.165, 1.54) is 24.3 Å². The first-order valence-corrected chi connectivity index (χ1v) is 8.12. The Kier molecular flexibility index (Phi) is 6.74. The summed E-state index contributed by atoms with van der Waals surface area (Å²) in [5.74, 6) is -2.64. The van der Waals surface area contributed by atoms with Crippen LogP contribution in [-0.2, 0) is 9.63 Å². The van der Waals surface area contributed by atoms with E-state index in [2.05, 4.69) is 20.0 Å². The monoisotopic (exact) mass is 422 g/mol. The number of para-hydroxylation sites is 1. The first-order valence-electron chi connectivity index (χ1n) is 6.89. The van der Waals surface area contributed by atoms with Crippen LogP contribution in [0.15, 0.2) is 35.7 Å². The number of aromatic nitrogens is 2. The Hall–Kier alpha value is -2.67. The van der Waals surface area contributed by atoms with Gasteiger partial charge in [0.15, 0.2) is 10.4 Å². The van der Waals surface area contributed by atoms with E-state index in [0.717, 1.165) is 13.4 Å². The van der Waals surface area contributed by atoms with Crippen molar-refractivity contribution in [1.82, 2.24) is 14.7 Å². The summed E-state index contributed by atoms with van der Waals surface area (Å²) in [6.45, 7) is 0. The number of nitrogens with zero attached hydrogens (tertiary/aromatic N) is 2. The van der Waals surface area contributed by atoms with Gasteiger partial charge in [0.2, 0.25) is 11.7 Å². The normalized spacial score (nSPS) is 11.8. The van der Waals surface area contributed by atoms with Crippen LogP contribution in [0, 0.1) is 10.5 Å². The number of aromatic amines is 1. The highest BCUT2D eigenvalue weighted by Crippen LogP contribution is 2.29. The number of carbonyl (C=O) groups is 1. The second kappa shape index (κ2) is 8.81. The molecule has 0 bridgehead atoms. The van der Waals surface area contributed by atoms with E-state index in [9.17, 15) is 22.4 Å². The van der Waals surface area contributed by atoms with E-state index < -0.39 is 40.8 Å². The van der Waals surface area contributed by atoms with Crippen molar-refractivity contribution in [2.24, 2.45) is 5.16 Å². The summed E-state index contributed by atoms with van der Waals surface area (Å²) in [5, 5.41) is 3.44. The smallest absolute Gasteiger partial charge is 0.437 e. The number of alkyl halides is 3. The summed E-state index contributed by atoms with van der Waals surface area (Å²) in [6.07, 6.45) is 1.10. The number of H-pyrrole nitrogens is 1. The van der Waals surface area contributed by atoms with E-state index in [-0.39, 0.29) is 16.0 Å². The van der Waals surface area contributed by atoms with Gasteiger partial charge in [-0.2, -0.15) is 17.6 Å². The first kappa shape index (κ1) is 20.6. The molecule has 0 unspecified atom stereocenters. The van der Waals surface area contributed by atoms with E-state index >= 15 is 0 Å². The Morgan fingerprint density at radius 1 is 1.37 bits per heavy atom. The van der Waals surface area contributed by atoms with Gasteiger partial charge in [0.05, 0.1) is 23.8 Å². The molecule has 0 aliphatic heterocycles. The zero-order chi connectivity index (χ0) is 20.0. The summed E-state index contributed by atoms with van der Waals surface area (Å²) in [7, 11) is 1.10. The Labute approximate surface area is 158 Å². The lowest BCUT2D eigenvalue weighted by Crippen LogP contribution is -2.29. The molecule has 144 valence electrons. The highest BCUT2D eigenvalue weighted by Gasteiger charge is 2.31. The third kappa shape index (κ3) is 5.65. The lowest BCUT2D eigenvalue weighted by atomic mass is 10.1. The van der Waals surface area contributed by atoms with Crippen molar-refractivity contribution < 1.29 is 31.9 Å². The van der Waals surface area contributed by atoms with Gasteiger partial charge in [0.25, 0.3) is 5.91 Å². The van der Waals surface area contributed by atoms with E-state index in [1.807, 2.05) is 0 Å². The minimum Gasteiger partial charge on any atom is -0.437 e. The molecule has 0 spiro atoms. The van der Waals surface area contributed by atoms with Gasteiger partial charge in [-0.3, -0.25) is 9.52 Å². The summed E-state index contributed by atoms with van der Waals surface area (Å²) in [4.78, 5) is 22.6. The molecule has 2 N–H and O–H groups in total. The molecule has 13 heteroatoms. The Morgan fingerprint density at radius 3 is 2.74 bits per heavy atom. The van der Waals surface area contributed by atoms with Crippen molar-refractivity contribution in [3.63, 3.8) is 0 Å². The van der Waals surface area contributed by atoms with Crippen molar-refractivity contribution in [2.75, 3.05) is 7.11 Å². The molecule has 0 aliphatic carbocycles. The number of hydrogen-bond donors (Lipinski definition) is 2. The third-order valence-electron chi connectivity index (χ3n) is 2.78. The van der Waals surface area contributed by atoms with E-state index in [0.29, 0.717) is 0 Å². The molecule has 1 heterocycles. The van der Waals surface area contributed by atoms with Crippen LogP contribution < -0.4 is 9.46 Å². The molecule has 1 aromatic carbocycles. The molecule has 1 aromatic heterocycles. The largest absolute Gasteiger partial charge is 0.461 e. The molecule has 2 rings (SSSR count). The van der Waals surface area contributed by atoms with Crippen LogP contribution in [0.1, 0.15) is 5.56 Å². The lowest BCUT2D eigenvalue weighted by Gasteiger charge is -2.13. The highest BCUT2D eigenvalue weighted by atomic mass is 32.2. The van der Waals surface area contributed by atoms with Crippen molar-refractivity contribution in [2.45, 2.75) is 5.51 Å². The lowest BCUT2D eigenvalue weighted by molar-refractivity contribution is -0.113. The van der Waals surface area contributed by atoms with Crippen LogP contribution in [0.4, 0.5) is 17.6 Å². The fourth-order valence-corrected chi connectivity index (χ4v) is 2.21. The fourth-order valence-electron chi connectivity index (χ4n) is 1.76. The average Bonchev–Trinajstić information content (AvgIpc) is 2.61. The number of rotatable bonds is 6. The molecule has 0 aliphatic rings. The van der Waals surface area contributed by atoms with Gasteiger partial charge >= 0.3 is 5.51 Å². The van der Waals surface area contributed by atoms with Gasteiger partial charge in [-0.05, 0) is 12.1 Å². The zero-order valence-electron chi connectivity index (χ0n) is 13.3. The molecule has 0 atom stereocenters. The standard InChI is InChI=1S/C14H10F4N4O3S2/c1-24-21-10(11(23)22-27-14(16,17)18)7-4-2-3-5-8(7)25-12-9(15)13(26)20-6-19-12/h2-6H,1H3,(H,22,23)(H,19,20,26)/b21-10+. The number of ether oxygens (including phenoxy) is 1. The summed E-state index contributed by atoms with van der Waals surface area (Å²) in [5.41, 5.74) is -5.26. The van der Waals surface area contributed by atoms with Crippen LogP contribution in [0.25, 0.3) is 0 Å². The van der Waals surface area contributed by atoms with Gasteiger partial charge in [-0.25, -0.2) is 4.98 Å². The van der Waals surface area contributed by atoms with Crippen LogP contribution in [0.5, 0.6) is 11.6 Å². The van der Waals surface area contributed by atoms with Gasteiger partial charge in [-0.1, -0.05) is 29.5 Å². The van der Waals surface area contributed by atoms with Crippen molar-refractivity contribution in [3.8, 4) is 11.6 Å².